The van der Waals surface area contributed by atoms with Gasteiger partial charge in [0.1, 0.15) is 6.54 Å². The van der Waals surface area contributed by atoms with Gasteiger partial charge in [0, 0.05) is 15.1 Å². The first kappa shape index (κ1) is 15.6. The third kappa shape index (κ3) is 3.75. The number of carbonyl (C=O) groups excluding carboxylic acids is 1. The average Bonchev–Trinajstić information content (AvgIpc) is 2.98. The molecule has 6 nitrogen and oxygen atoms in total. The molecule has 1 heterocycles. The predicted molar refractivity (Wildman–Crippen MR) is 91.0 cm³/mol. The molecular weight excluding hydrogens is 382 g/mol. The van der Waals surface area contributed by atoms with E-state index in [2.05, 4.69) is 36.8 Å². The van der Waals surface area contributed by atoms with Crippen LogP contribution in [0.1, 0.15) is 0 Å². The number of halogens is 2. The molecule has 1 N–H and O–H groups in total. The predicted octanol–water partition coefficient (Wildman–Crippen LogP) is 3.39. The third-order valence-electron chi connectivity index (χ3n) is 3.08. The standard InChI is InChI=1S/C15H11BrClN5O/c16-12-3-1-2-4-13(12)18-14(23)9-22-15(19-20-21-22)10-5-7-11(17)8-6-10/h1-8H,9H2,(H,18,23). The molecule has 23 heavy (non-hydrogen) atoms. The van der Waals surface area contributed by atoms with Gasteiger partial charge in [-0.3, -0.25) is 4.79 Å². The molecule has 0 aliphatic carbocycles. The number of para-hydroxylation sites is 1. The van der Waals surface area contributed by atoms with Gasteiger partial charge in [0.25, 0.3) is 0 Å². The van der Waals surface area contributed by atoms with Crippen molar-refractivity contribution in [2.24, 2.45) is 0 Å². The highest BCUT2D eigenvalue weighted by Crippen LogP contribution is 2.22. The fraction of sp³-hybridized carbons (Fsp3) is 0.0667. The van der Waals surface area contributed by atoms with Gasteiger partial charge in [-0.15, -0.1) is 5.10 Å². The maximum Gasteiger partial charge on any atom is 0.246 e. The summed E-state index contributed by atoms with van der Waals surface area (Å²) in [6.07, 6.45) is 0. The van der Waals surface area contributed by atoms with E-state index >= 15 is 0 Å². The van der Waals surface area contributed by atoms with E-state index in [0.717, 1.165) is 10.0 Å². The number of aromatic nitrogens is 4. The molecule has 0 spiro atoms. The lowest BCUT2D eigenvalue weighted by molar-refractivity contribution is -0.116. The fourth-order valence-electron chi connectivity index (χ4n) is 2.01. The van der Waals surface area contributed by atoms with Crippen molar-refractivity contribution in [2.75, 3.05) is 5.32 Å². The molecule has 2 aromatic carbocycles. The highest BCUT2D eigenvalue weighted by molar-refractivity contribution is 9.10. The van der Waals surface area contributed by atoms with Crippen LogP contribution in [-0.2, 0) is 11.3 Å². The molecule has 3 rings (SSSR count). The first-order chi connectivity index (χ1) is 11.1. The zero-order valence-corrected chi connectivity index (χ0v) is 14.1. The molecule has 3 aromatic rings. The van der Waals surface area contributed by atoms with Crippen LogP contribution in [0, 0.1) is 0 Å². The van der Waals surface area contributed by atoms with Gasteiger partial charge in [0.15, 0.2) is 5.82 Å². The summed E-state index contributed by atoms with van der Waals surface area (Å²) in [7, 11) is 0. The Balaban J connectivity index is 1.76. The Hall–Kier alpha value is -2.25. The summed E-state index contributed by atoms with van der Waals surface area (Å²) in [4.78, 5) is 12.2. The van der Waals surface area contributed by atoms with Gasteiger partial charge in [-0.1, -0.05) is 23.7 Å². The Kier molecular flexibility index (Phi) is 4.68. The molecule has 8 heteroatoms. The quantitative estimate of drug-likeness (QED) is 0.738. The summed E-state index contributed by atoms with van der Waals surface area (Å²) in [5.74, 6) is 0.281. The van der Waals surface area contributed by atoms with Gasteiger partial charge >= 0.3 is 0 Å². The highest BCUT2D eigenvalue weighted by atomic mass is 79.9. The average molecular weight is 393 g/mol. The molecule has 0 radical (unpaired) electrons. The van der Waals surface area contributed by atoms with E-state index in [0.29, 0.717) is 16.5 Å². The second kappa shape index (κ2) is 6.89. The van der Waals surface area contributed by atoms with Gasteiger partial charge in [-0.2, -0.15) is 0 Å². The van der Waals surface area contributed by atoms with E-state index in [4.69, 9.17) is 11.6 Å². The SMILES string of the molecule is O=C(Cn1nnnc1-c1ccc(Cl)cc1)Nc1ccccc1Br. The van der Waals surface area contributed by atoms with Crippen LogP contribution in [0.3, 0.4) is 0 Å². The molecule has 116 valence electrons. The van der Waals surface area contributed by atoms with Crippen molar-refractivity contribution in [1.29, 1.82) is 0 Å². The van der Waals surface area contributed by atoms with E-state index in [-0.39, 0.29) is 12.5 Å². The lowest BCUT2D eigenvalue weighted by atomic mass is 10.2. The Labute approximate surface area is 145 Å². The number of rotatable bonds is 4. The first-order valence-electron chi connectivity index (χ1n) is 6.70. The summed E-state index contributed by atoms with van der Waals surface area (Å²) >= 11 is 9.26. The molecular formula is C15H11BrClN5O. The molecule has 0 aliphatic heterocycles. The highest BCUT2D eigenvalue weighted by Gasteiger charge is 2.13. The lowest BCUT2D eigenvalue weighted by Gasteiger charge is -2.08. The largest absolute Gasteiger partial charge is 0.323 e. The summed E-state index contributed by atoms with van der Waals surface area (Å²) in [5.41, 5.74) is 1.48. The van der Waals surface area contributed by atoms with E-state index in [1.54, 1.807) is 24.3 Å². The minimum atomic E-state index is -0.223. The van der Waals surface area contributed by atoms with Crippen LogP contribution in [-0.4, -0.2) is 26.1 Å². The summed E-state index contributed by atoms with van der Waals surface area (Å²) in [6.45, 7) is 0.00624. The zero-order valence-electron chi connectivity index (χ0n) is 11.8. The van der Waals surface area contributed by atoms with E-state index in [1.165, 1.54) is 4.68 Å². The van der Waals surface area contributed by atoms with Crippen molar-refractivity contribution >= 4 is 39.1 Å². The Morgan fingerprint density at radius 1 is 1.17 bits per heavy atom. The topological polar surface area (TPSA) is 72.7 Å². The van der Waals surface area contributed by atoms with Crippen LogP contribution < -0.4 is 5.32 Å². The number of nitrogens with one attached hydrogen (secondary N) is 1. The number of nitrogens with zero attached hydrogens (tertiary/aromatic N) is 4. The third-order valence-corrected chi connectivity index (χ3v) is 4.02. The van der Waals surface area contributed by atoms with Crippen LogP contribution >= 0.6 is 27.5 Å². The molecule has 0 saturated carbocycles. The van der Waals surface area contributed by atoms with Crippen LogP contribution in [0.25, 0.3) is 11.4 Å². The van der Waals surface area contributed by atoms with Gasteiger partial charge in [-0.05, 0) is 62.8 Å². The molecule has 0 saturated heterocycles. The zero-order chi connectivity index (χ0) is 16.2. The fourth-order valence-corrected chi connectivity index (χ4v) is 2.52. The Morgan fingerprint density at radius 3 is 2.65 bits per heavy atom. The number of carbonyl (C=O) groups is 1. The number of tetrazole rings is 1. The van der Waals surface area contributed by atoms with Gasteiger partial charge in [0.2, 0.25) is 5.91 Å². The minimum Gasteiger partial charge on any atom is -0.323 e. The Morgan fingerprint density at radius 2 is 1.91 bits per heavy atom. The van der Waals surface area contributed by atoms with Crippen LogP contribution in [0.5, 0.6) is 0 Å². The second-order valence-corrected chi connectivity index (χ2v) is 5.99. The smallest absolute Gasteiger partial charge is 0.246 e. The van der Waals surface area contributed by atoms with Gasteiger partial charge in [-0.25, -0.2) is 4.68 Å². The molecule has 0 unspecified atom stereocenters. The second-order valence-electron chi connectivity index (χ2n) is 4.70. The van der Waals surface area contributed by atoms with Gasteiger partial charge < -0.3 is 5.32 Å². The number of hydrogen-bond acceptors (Lipinski definition) is 4. The maximum atomic E-state index is 12.2. The lowest BCUT2D eigenvalue weighted by Crippen LogP contribution is -2.20. The van der Waals surface area contributed by atoms with Crippen LogP contribution in [0.4, 0.5) is 5.69 Å². The summed E-state index contributed by atoms with van der Waals surface area (Å²) in [6, 6.07) is 14.5. The monoisotopic (exact) mass is 391 g/mol. The molecule has 0 atom stereocenters. The normalized spacial score (nSPS) is 10.5. The van der Waals surface area contributed by atoms with Crippen molar-refractivity contribution in [3.05, 3.63) is 58.0 Å². The van der Waals surface area contributed by atoms with Crippen molar-refractivity contribution in [3.8, 4) is 11.4 Å². The van der Waals surface area contributed by atoms with Crippen molar-refractivity contribution in [2.45, 2.75) is 6.54 Å². The minimum absolute atomic E-state index is 0.00624. The molecule has 0 bridgehead atoms. The first-order valence-corrected chi connectivity index (χ1v) is 7.87. The maximum absolute atomic E-state index is 12.2. The van der Waals surface area contributed by atoms with Crippen molar-refractivity contribution in [1.82, 2.24) is 20.2 Å². The summed E-state index contributed by atoms with van der Waals surface area (Å²) < 4.78 is 2.25. The van der Waals surface area contributed by atoms with E-state index in [1.807, 2.05) is 24.3 Å². The van der Waals surface area contributed by atoms with E-state index in [9.17, 15) is 4.79 Å². The number of amides is 1. The summed E-state index contributed by atoms with van der Waals surface area (Å²) in [5, 5.41) is 14.9. The van der Waals surface area contributed by atoms with Crippen molar-refractivity contribution < 1.29 is 4.79 Å². The van der Waals surface area contributed by atoms with Gasteiger partial charge in [0.05, 0.1) is 5.69 Å². The molecule has 1 aromatic heterocycles. The molecule has 1 amide bonds. The molecule has 0 fully saturated rings. The van der Waals surface area contributed by atoms with Crippen LogP contribution in [0.15, 0.2) is 53.0 Å². The Bertz CT molecular complexity index is 834. The molecule has 0 aliphatic rings. The number of hydrogen-bond donors (Lipinski definition) is 1. The number of benzene rings is 2. The van der Waals surface area contributed by atoms with Crippen molar-refractivity contribution in [3.63, 3.8) is 0 Å². The van der Waals surface area contributed by atoms with Crippen LogP contribution in [0.2, 0.25) is 5.02 Å². The van der Waals surface area contributed by atoms with E-state index < -0.39 is 0 Å². The number of anilines is 1.